The summed E-state index contributed by atoms with van der Waals surface area (Å²) in [6, 6.07) is 2.24. The van der Waals surface area contributed by atoms with Crippen molar-refractivity contribution >= 4 is 0 Å². The molecule has 0 spiro atoms. The van der Waals surface area contributed by atoms with Gasteiger partial charge in [0.2, 0.25) is 0 Å². The van der Waals surface area contributed by atoms with E-state index in [2.05, 4.69) is 10.2 Å². The highest BCUT2D eigenvalue weighted by atomic mass is 19.1. The molecule has 94 valence electrons. The number of halogens is 2. The van der Waals surface area contributed by atoms with Crippen LogP contribution < -0.4 is 10.1 Å². The Labute approximate surface area is 99.4 Å². The van der Waals surface area contributed by atoms with Crippen molar-refractivity contribution in [2.75, 3.05) is 33.3 Å². The number of nitrogens with zero attached hydrogens (tertiary/aromatic N) is 1. The van der Waals surface area contributed by atoms with E-state index in [1.54, 1.807) is 0 Å². The number of ether oxygens (including phenoxy) is 1. The van der Waals surface area contributed by atoms with Crippen LogP contribution in [-0.4, -0.2) is 38.2 Å². The molecule has 0 atom stereocenters. The van der Waals surface area contributed by atoms with Crippen LogP contribution in [0.3, 0.4) is 0 Å². The molecular formula is C12H16F2N2O. The molecule has 0 saturated carbocycles. The molecule has 1 heterocycles. The SMILES string of the molecule is COc1c(F)ccc(F)c1CN1CCNCC1. The lowest BCUT2D eigenvalue weighted by atomic mass is 10.1. The van der Waals surface area contributed by atoms with Crippen molar-refractivity contribution < 1.29 is 13.5 Å². The number of rotatable bonds is 3. The molecule has 5 heteroatoms. The van der Waals surface area contributed by atoms with Crippen molar-refractivity contribution in [3.63, 3.8) is 0 Å². The van der Waals surface area contributed by atoms with Gasteiger partial charge in [-0.2, -0.15) is 0 Å². The van der Waals surface area contributed by atoms with Gasteiger partial charge >= 0.3 is 0 Å². The van der Waals surface area contributed by atoms with Crippen molar-refractivity contribution in [2.45, 2.75) is 6.54 Å². The van der Waals surface area contributed by atoms with Gasteiger partial charge in [-0.3, -0.25) is 4.90 Å². The zero-order valence-corrected chi connectivity index (χ0v) is 9.80. The first-order valence-electron chi connectivity index (χ1n) is 5.66. The summed E-state index contributed by atoms with van der Waals surface area (Å²) >= 11 is 0. The van der Waals surface area contributed by atoms with Crippen molar-refractivity contribution in [3.05, 3.63) is 29.3 Å². The van der Waals surface area contributed by atoms with Crippen LogP contribution in [0.25, 0.3) is 0 Å². The first kappa shape index (κ1) is 12.3. The van der Waals surface area contributed by atoms with Crippen molar-refractivity contribution in [1.29, 1.82) is 0 Å². The molecule has 0 aromatic heterocycles. The van der Waals surface area contributed by atoms with Gasteiger partial charge in [-0.1, -0.05) is 0 Å². The number of piperazine rings is 1. The summed E-state index contributed by atoms with van der Waals surface area (Å²) < 4.78 is 32.1. The fraction of sp³-hybridized carbons (Fsp3) is 0.500. The first-order valence-corrected chi connectivity index (χ1v) is 5.66. The molecule has 0 aliphatic carbocycles. The summed E-state index contributed by atoms with van der Waals surface area (Å²) in [5.74, 6) is -0.913. The predicted octanol–water partition coefficient (Wildman–Crippen LogP) is 1.38. The highest BCUT2D eigenvalue weighted by molar-refractivity contribution is 5.36. The molecule has 0 amide bonds. The smallest absolute Gasteiger partial charge is 0.165 e. The van der Waals surface area contributed by atoms with Crippen LogP contribution in [0.5, 0.6) is 5.75 Å². The third-order valence-corrected chi connectivity index (χ3v) is 2.95. The molecule has 1 aliphatic heterocycles. The Morgan fingerprint density at radius 3 is 2.53 bits per heavy atom. The zero-order chi connectivity index (χ0) is 12.3. The normalized spacial score (nSPS) is 17.1. The summed E-state index contributed by atoms with van der Waals surface area (Å²) in [4.78, 5) is 2.08. The van der Waals surface area contributed by atoms with E-state index in [4.69, 9.17) is 4.74 Å². The van der Waals surface area contributed by atoms with Gasteiger partial charge in [-0.05, 0) is 12.1 Å². The zero-order valence-electron chi connectivity index (χ0n) is 9.80. The van der Waals surface area contributed by atoms with E-state index in [9.17, 15) is 8.78 Å². The number of nitrogens with one attached hydrogen (secondary N) is 1. The fourth-order valence-electron chi connectivity index (χ4n) is 2.04. The lowest BCUT2D eigenvalue weighted by Gasteiger charge is -2.27. The Kier molecular flexibility index (Phi) is 3.91. The lowest BCUT2D eigenvalue weighted by molar-refractivity contribution is 0.226. The molecule has 1 aromatic rings. The highest BCUT2D eigenvalue weighted by Gasteiger charge is 2.18. The predicted molar refractivity (Wildman–Crippen MR) is 61.1 cm³/mol. The average molecular weight is 242 g/mol. The van der Waals surface area contributed by atoms with E-state index < -0.39 is 11.6 Å². The second-order valence-corrected chi connectivity index (χ2v) is 4.07. The molecule has 2 rings (SSSR count). The van der Waals surface area contributed by atoms with Crippen molar-refractivity contribution in [1.82, 2.24) is 10.2 Å². The van der Waals surface area contributed by atoms with Gasteiger partial charge in [0.05, 0.1) is 7.11 Å². The van der Waals surface area contributed by atoms with E-state index in [0.717, 1.165) is 38.3 Å². The summed E-state index contributed by atoms with van der Waals surface area (Å²) in [6.07, 6.45) is 0. The van der Waals surface area contributed by atoms with Gasteiger partial charge < -0.3 is 10.1 Å². The molecule has 1 fully saturated rings. The van der Waals surface area contributed by atoms with Gasteiger partial charge in [-0.25, -0.2) is 8.78 Å². The van der Waals surface area contributed by atoms with Crippen LogP contribution >= 0.6 is 0 Å². The topological polar surface area (TPSA) is 24.5 Å². The molecule has 1 N–H and O–H groups in total. The van der Waals surface area contributed by atoms with Gasteiger partial charge in [0, 0.05) is 38.3 Å². The molecule has 0 unspecified atom stereocenters. The largest absolute Gasteiger partial charge is 0.493 e. The van der Waals surface area contributed by atoms with Crippen molar-refractivity contribution in [3.8, 4) is 5.75 Å². The number of benzene rings is 1. The molecule has 1 aliphatic rings. The molecule has 0 bridgehead atoms. The van der Waals surface area contributed by atoms with E-state index in [1.807, 2.05) is 0 Å². The maximum atomic E-state index is 13.7. The summed E-state index contributed by atoms with van der Waals surface area (Å²) in [5, 5.41) is 3.21. The Balaban J connectivity index is 2.21. The van der Waals surface area contributed by atoms with Gasteiger partial charge in [0.1, 0.15) is 5.82 Å². The Morgan fingerprint density at radius 1 is 1.24 bits per heavy atom. The van der Waals surface area contributed by atoms with Gasteiger partial charge in [0.15, 0.2) is 11.6 Å². The average Bonchev–Trinajstić information content (AvgIpc) is 2.35. The molecular weight excluding hydrogens is 226 g/mol. The summed E-state index contributed by atoms with van der Waals surface area (Å²) in [6.45, 7) is 3.80. The van der Waals surface area contributed by atoms with Gasteiger partial charge in [0.25, 0.3) is 0 Å². The van der Waals surface area contributed by atoms with Crippen LogP contribution in [0.4, 0.5) is 8.78 Å². The monoisotopic (exact) mass is 242 g/mol. The molecule has 1 saturated heterocycles. The standard InChI is InChI=1S/C12H16F2N2O/c1-17-12-9(10(13)2-3-11(12)14)8-16-6-4-15-5-7-16/h2-3,15H,4-8H2,1H3. The minimum Gasteiger partial charge on any atom is -0.493 e. The minimum absolute atomic E-state index is 0.0172. The second kappa shape index (κ2) is 5.42. The van der Waals surface area contributed by atoms with Crippen LogP contribution in [0.15, 0.2) is 12.1 Å². The quantitative estimate of drug-likeness (QED) is 0.866. The highest BCUT2D eigenvalue weighted by Crippen LogP contribution is 2.26. The van der Waals surface area contributed by atoms with Crippen molar-refractivity contribution in [2.24, 2.45) is 0 Å². The summed E-state index contributed by atoms with van der Waals surface area (Å²) in [7, 11) is 1.36. The summed E-state index contributed by atoms with van der Waals surface area (Å²) in [5.41, 5.74) is 0.300. The molecule has 17 heavy (non-hydrogen) atoms. The van der Waals surface area contributed by atoms with Crippen LogP contribution in [0.1, 0.15) is 5.56 Å². The molecule has 3 nitrogen and oxygen atoms in total. The third-order valence-electron chi connectivity index (χ3n) is 2.95. The van der Waals surface area contributed by atoms with Crippen LogP contribution in [-0.2, 0) is 6.54 Å². The van der Waals surface area contributed by atoms with E-state index in [1.165, 1.54) is 7.11 Å². The number of hydrogen-bond acceptors (Lipinski definition) is 3. The Hall–Kier alpha value is -1.20. The van der Waals surface area contributed by atoms with E-state index in [0.29, 0.717) is 12.1 Å². The van der Waals surface area contributed by atoms with Crippen LogP contribution in [0, 0.1) is 11.6 Å². The first-order chi connectivity index (χ1) is 8.22. The lowest BCUT2D eigenvalue weighted by Crippen LogP contribution is -2.43. The van der Waals surface area contributed by atoms with E-state index in [-0.39, 0.29) is 5.75 Å². The maximum absolute atomic E-state index is 13.7. The maximum Gasteiger partial charge on any atom is 0.165 e. The third kappa shape index (κ3) is 2.73. The van der Waals surface area contributed by atoms with E-state index >= 15 is 0 Å². The number of methoxy groups -OCH3 is 1. The Bertz CT molecular complexity index is 392. The molecule has 1 aromatic carbocycles. The number of hydrogen-bond donors (Lipinski definition) is 1. The Morgan fingerprint density at radius 2 is 1.88 bits per heavy atom. The van der Waals surface area contributed by atoms with Crippen LogP contribution in [0.2, 0.25) is 0 Å². The minimum atomic E-state index is -0.515. The second-order valence-electron chi connectivity index (χ2n) is 4.07. The fourth-order valence-corrected chi connectivity index (χ4v) is 2.04. The molecule has 0 radical (unpaired) electrons. The van der Waals surface area contributed by atoms with Gasteiger partial charge in [-0.15, -0.1) is 0 Å².